The Labute approximate surface area is 118 Å². The lowest BCUT2D eigenvalue weighted by Gasteiger charge is -2.36. The Hall–Kier alpha value is -1.23. The van der Waals surface area contributed by atoms with Crippen LogP contribution in [0.4, 0.5) is 0 Å². The summed E-state index contributed by atoms with van der Waals surface area (Å²) in [5, 5.41) is 6.83. The van der Waals surface area contributed by atoms with Gasteiger partial charge < -0.3 is 5.32 Å². The molecule has 1 atom stereocenters. The first kappa shape index (κ1) is 12.8. The summed E-state index contributed by atoms with van der Waals surface area (Å²) >= 11 is 1.74. The normalized spacial score (nSPS) is 20.6. The van der Waals surface area contributed by atoms with E-state index in [9.17, 15) is 0 Å². The molecule has 0 spiro atoms. The third-order valence-corrected chi connectivity index (χ3v) is 4.39. The average molecular weight is 273 g/mol. The fourth-order valence-corrected chi connectivity index (χ4v) is 3.23. The van der Waals surface area contributed by atoms with E-state index in [0.717, 1.165) is 31.2 Å². The molecule has 1 aliphatic rings. The van der Waals surface area contributed by atoms with Crippen LogP contribution in [0.15, 0.2) is 35.7 Å². The van der Waals surface area contributed by atoms with E-state index in [-0.39, 0.29) is 0 Å². The van der Waals surface area contributed by atoms with Gasteiger partial charge in [-0.25, -0.2) is 4.98 Å². The van der Waals surface area contributed by atoms with E-state index in [1.54, 1.807) is 11.3 Å². The van der Waals surface area contributed by atoms with Crippen molar-refractivity contribution in [1.29, 1.82) is 0 Å². The minimum absolute atomic E-state index is 0.456. The van der Waals surface area contributed by atoms with Crippen molar-refractivity contribution in [2.24, 2.45) is 0 Å². The molecule has 3 rings (SSSR count). The van der Waals surface area contributed by atoms with Gasteiger partial charge in [-0.2, -0.15) is 0 Å². The molecule has 0 amide bonds. The van der Waals surface area contributed by atoms with Crippen molar-refractivity contribution >= 4 is 11.3 Å². The Kier molecular flexibility index (Phi) is 3.92. The van der Waals surface area contributed by atoms with E-state index in [0.29, 0.717) is 6.04 Å². The fourth-order valence-electron chi connectivity index (χ4n) is 2.63. The minimum Gasteiger partial charge on any atom is -0.314 e. The van der Waals surface area contributed by atoms with Crippen LogP contribution in [0.2, 0.25) is 0 Å². The van der Waals surface area contributed by atoms with Crippen LogP contribution in [0, 0.1) is 6.92 Å². The van der Waals surface area contributed by atoms with Gasteiger partial charge in [-0.3, -0.25) is 4.90 Å². The molecular weight excluding hydrogens is 254 g/mol. The molecule has 4 heteroatoms. The summed E-state index contributed by atoms with van der Waals surface area (Å²) in [4.78, 5) is 7.12. The van der Waals surface area contributed by atoms with E-state index < -0.39 is 0 Å². The molecule has 1 aromatic carbocycles. The van der Waals surface area contributed by atoms with Crippen molar-refractivity contribution in [3.63, 3.8) is 0 Å². The van der Waals surface area contributed by atoms with Crippen molar-refractivity contribution < 1.29 is 0 Å². The quantitative estimate of drug-likeness (QED) is 0.931. The van der Waals surface area contributed by atoms with Crippen LogP contribution < -0.4 is 5.32 Å². The summed E-state index contributed by atoms with van der Waals surface area (Å²) in [6.45, 7) is 6.18. The summed E-state index contributed by atoms with van der Waals surface area (Å²) in [7, 11) is 0. The Morgan fingerprint density at radius 3 is 2.95 bits per heavy atom. The molecule has 2 aromatic rings. The number of thiazole rings is 1. The van der Waals surface area contributed by atoms with Crippen LogP contribution in [0.5, 0.6) is 0 Å². The lowest BCUT2D eigenvalue weighted by atomic mass is 10.0. The maximum Gasteiger partial charge on any atom is 0.0897 e. The predicted molar refractivity (Wildman–Crippen MR) is 79.3 cm³/mol. The molecule has 3 nitrogen and oxygen atoms in total. The van der Waals surface area contributed by atoms with Gasteiger partial charge >= 0.3 is 0 Å². The highest BCUT2D eigenvalue weighted by Gasteiger charge is 2.24. The van der Waals surface area contributed by atoms with Gasteiger partial charge in [0.2, 0.25) is 0 Å². The molecule has 0 bridgehead atoms. The molecule has 1 aromatic heterocycles. The Morgan fingerprint density at radius 2 is 2.21 bits per heavy atom. The standard InChI is InChI=1S/C15H19N3S/c1-12-17-14(11-19-12)10-18-8-7-16-9-15(18)13-5-3-2-4-6-13/h2-6,11,15-16H,7-10H2,1H3. The first-order valence-corrected chi connectivity index (χ1v) is 7.61. The average Bonchev–Trinajstić information content (AvgIpc) is 2.86. The largest absolute Gasteiger partial charge is 0.314 e. The second kappa shape index (κ2) is 5.82. The van der Waals surface area contributed by atoms with Gasteiger partial charge in [0.05, 0.1) is 10.7 Å². The SMILES string of the molecule is Cc1nc(CN2CCNCC2c2ccccc2)cs1. The number of aryl methyl sites for hydroxylation is 1. The zero-order valence-corrected chi connectivity index (χ0v) is 12.0. The van der Waals surface area contributed by atoms with Crippen molar-refractivity contribution in [3.8, 4) is 0 Å². The van der Waals surface area contributed by atoms with Crippen LogP contribution in [0.3, 0.4) is 0 Å². The zero-order valence-electron chi connectivity index (χ0n) is 11.2. The molecule has 2 heterocycles. The maximum absolute atomic E-state index is 4.59. The number of piperazine rings is 1. The zero-order chi connectivity index (χ0) is 13.1. The highest BCUT2D eigenvalue weighted by atomic mass is 32.1. The topological polar surface area (TPSA) is 28.2 Å². The number of rotatable bonds is 3. The van der Waals surface area contributed by atoms with Gasteiger partial charge in [-0.05, 0) is 12.5 Å². The number of benzene rings is 1. The highest BCUT2D eigenvalue weighted by molar-refractivity contribution is 7.09. The van der Waals surface area contributed by atoms with Crippen LogP contribution >= 0.6 is 11.3 Å². The molecule has 0 radical (unpaired) electrons. The first-order chi connectivity index (χ1) is 9.33. The monoisotopic (exact) mass is 273 g/mol. The highest BCUT2D eigenvalue weighted by Crippen LogP contribution is 2.24. The van der Waals surface area contributed by atoms with Crippen LogP contribution in [-0.2, 0) is 6.54 Å². The first-order valence-electron chi connectivity index (χ1n) is 6.73. The summed E-state index contributed by atoms with van der Waals surface area (Å²) in [6.07, 6.45) is 0. The maximum atomic E-state index is 4.59. The number of aromatic nitrogens is 1. The van der Waals surface area contributed by atoms with Crippen molar-refractivity contribution in [2.75, 3.05) is 19.6 Å². The van der Waals surface area contributed by atoms with E-state index >= 15 is 0 Å². The lowest BCUT2D eigenvalue weighted by Crippen LogP contribution is -2.45. The van der Waals surface area contributed by atoms with Gasteiger partial charge in [0, 0.05) is 37.6 Å². The Bertz CT molecular complexity index is 523. The van der Waals surface area contributed by atoms with Crippen molar-refractivity contribution in [1.82, 2.24) is 15.2 Å². The number of nitrogens with one attached hydrogen (secondary N) is 1. The summed E-state index contributed by atoms with van der Waals surface area (Å²) < 4.78 is 0. The summed E-state index contributed by atoms with van der Waals surface area (Å²) in [6, 6.07) is 11.2. The Balaban J connectivity index is 1.77. The van der Waals surface area contributed by atoms with Crippen LogP contribution in [0.1, 0.15) is 22.3 Å². The molecule has 1 aliphatic heterocycles. The molecule has 1 N–H and O–H groups in total. The molecule has 0 saturated carbocycles. The lowest BCUT2D eigenvalue weighted by molar-refractivity contribution is 0.152. The fraction of sp³-hybridized carbons (Fsp3) is 0.400. The van der Waals surface area contributed by atoms with Gasteiger partial charge in [0.25, 0.3) is 0 Å². The van der Waals surface area contributed by atoms with E-state index in [1.807, 2.05) is 0 Å². The number of nitrogens with zero attached hydrogens (tertiary/aromatic N) is 2. The molecular formula is C15H19N3S. The van der Waals surface area contributed by atoms with Crippen LogP contribution in [0.25, 0.3) is 0 Å². The van der Waals surface area contributed by atoms with E-state index in [2.05, 4.69) is 57.8 Å². The van der Waals surface area contributed by atoms with Crippen molar-refractivity contribution in [3.05, 3.63) is 52.0 Å². The predicted octanol–water partition coefficient (Wildman–Crippen LogP) is 2.60. The molecule has 1 saturated heterocycles. The molecule has 0 aliphatic carbocycles. The Morgan fingerprint density at radius 1 is 1.37 bits per heavy atom. The van der Waals surface area contributed by atoms with Gasteiger partial charge in [0.1, 0.15) is 0 Å². The number of hydrogen-bond acceptors (Lipinski definition) is 4. The number of hydrogen-bond donors (Lipinski definition) is 1. The van der Waals surface area contributed by atoms with E-state index in [1.165, 1.54) is 11.3 Å². The third-order valence-electron chi connectivity index (χ3n) is 3.57. The van der Waals surface area contributed by atoms with Gasteiger partial charge in [-0.1, -0.05) is 30.3 Å². The molecule has 100 valence electrons. The van der Waals surface area contributed by atoms with E-state index in [4.69, 9.17) is 0 Å². The molecule has 1 unspecified atom stereocenters. The second-order valence-electron chi connectivity index (χ2n) is 4.96. The van der Waals surface area contributed by atoms with Crippen LogP contribution in [-0.4, -0.2) is 29.5 Å². The van der Waals surface area contributed by atoms with Crippen molar-refractivity contribution in [2.45, 2.75) is 19.5 Å². The molecule has 19 heavy (non-hydrogen) atoms. The second-order valence-corrected chi connectivity index (χ2v) is 6.02. The summed E-state index contributed by atoms with van der Waals surface area (Å²) in [5.74, 6) is 0. The van der Waals surface area contributed by atoms with Gasteiger partial charge in [0.15, 0.2) is 0 Å². The minimum atomic E-state index is 0.456. The summed E-state index contributed by atoms with van der Waals surface area (Å²) in [5.41, 5.74) is 2.59. The third kappa shape index (κ3) is 3.03. The molecule has 1 fully saturated rings. The smallest absolute Gasteiger partial charge is 0.0897 e. The van der Waals surface area contributed by atoms with Gasteiger partial charge in [-0.15, -0.1) is 11.3 Å².